The minimum absolute atomic E-state index is 0.993. The second kappa shape index (κ2) is 2.05. The van der Waals surface area contributed by atoms with E-state index in [0.29, 0.717) is 0 Å². The normalized spacial score (nSPS) is 10.7. The van der Waals surface area contributed by atoms with Crippen molar-refractivity contribution in [1.82, 2.24) is 9.78 Å². The van der Waals surface area contributed by atoms with Gasteiger partial charge in [0, 0.05) is 18.1 Å². The van der Waals surface area contributed by atoms with Crippen LogP contribution in [0.3, 0.4) is 0 Å². The number of nitrogens with zero attached hydrogens (tertiary/aromatic N) is 3. The van der Waals surface area contributed by atoms with E-state index < -0.39 is 0 Å². The molecule has 2 aromatic heterocycles. The lowest BCUT2D eigenvalue weighted by Crippen LogP contribution is -2.22. The first kappa shape index (κ1) is 6.34. The molecule has 0 amide bonds. The summed E-state index contributed by atoms with van der Waals surface area (Å²) in [7, 11) is 1.95. The lowest BCUT2D eigenvalue weighted by atomic mass is 10.5. The van der Waals surface area contributed by atoms with Crippen molar-refractivity contribution >= 4 is 5.65 Å². The van der Waals surface area contributed by atoms with Crippen molar-refractivity contribution in [3.63, 3.8) is 0 Å². The molecule has 0 aliphatic rings. The lowest BCUT2D eigenvalue weighted by Gasteiger charge is -1.83. The Balaban J connectivity index is 2.92. The Kier molecular flexibility index (Phi) is 1.18. The summed E-state index contributed by atoms with van der Waals surface area (Å²) in [6.07, 6.45) is 2.01. The van der Waals surface area contributed by atoms with Gasteiger partial charge in [0.1, 0.15) is 0 Å². The molecular formula is C8H10N3+. The Morgan fingerprint density at radius 2 is 2.27 bits per heavy atom. The lowest BCUT2D eigenvalue weighted by molar-refractivity contribution is -0.521. The van der Waals surface area contributed by atoms with Gasteiger partial charge < -0.3 is 0 Å². The molecule has 0 saturated carbocycles. The molecule has 0 spiro atoms. The second-order valence-corrected chi connectivity index (χ2v) is 2.60. The maximum Gasteiger partial charge on any atom is 0.306 e. The highest BCUT2D eigenvalue weighted by molar-refractivity contribution is 5.26. The third-order valence-electron chi connectivity index (χ3n) is 1.91. The summed E-state index contributed by atoms with van der Waals surface area (Å²) in [4.78, 5) is 0. The fraction of sp³-hybridized carbons (Fsp3) is 0.250. The van der Waals surface area contributed by atoms with Crippen LogP contribution in [-0.2, 0) is 7.05 Å². The zero-order valence-corrected chi connectivity index (χ0v) is 6.65. The Morgan fingerprint density at radius 1 is 1.45 bits per heavy atom. The average molecular weight is 148 g/mol. The molecule has 0 radical (unpaired) electrons. The molecule has 2 rings (SSSR count). The molecule has 0 aliphatic carbocycles. The zero-order valence-electron chi connectivity index (χ0n) is 6.65. The Labute approximate surface area is 64.9 Å². The summed E-state index contributed by atoms with van der Waals surface area (Å²) >= 11 is 0. The molecule has 3 nitrogen and oxygen atoms in total. The maximum atomic E-state index is 4.29. The van der Waals surface area contributed by atoms with Gasteiger partial charge in [0.2, 0.25) is 5.82 Å². The van der Waals surface area contributed by atoms with Gasteiger partial charge >= 0.3 is 5.65 Å². The van der Waals surface area contributed by atoms with Crippen LogP contribution in [0.15, 0.2) is 24.4 Å². The van der Waals surface area contributed by atoms with E-state index in [2.05, 4.69) is 9.50 Å². The molecule has 0 aromatic carbocycles. The van der Waals surface area contributed by atoms with Gasteiger partial charge in [-0.2, -0.15) is 0 Å². The smallest absolute Gasteiger partial charge is 0.202 e. The third kappa shape index (κ3) is 0.808. The van der Waals surface area contributed by atoms with Crippen molar-refractivity contribution in [2.75, 3.05) is 0 Å². The summed E-state index contributed by atoms with van der Waals surface area (Å²) in [6, 6.07) is 5.98. The SMILES string of the molecule is Cc1n(C)nc2cccc[n+]12. The first-order chi connectivity index (χ1) is 5.29. The molecule has 2 heterocycles. The molecule has 2 aromatic rings. The Morgan fingerprint density at radius 3 is 3.00 bits per heavy atom. The van der Waals surface area contributed by atoms with Crippen LogP contribution < -0.4 is 4.40 Å². The van der Waals surface area contributed by atoms with Gasteiger partial charge in [0.25, 0.3) is 0 Å². The van der Waals surface area contributed by atoms with E-state index in [9.17, 15) is 0 Å². The van der Waals surface area contributed by atoms with Crippen molar-refractivity contribution in [2.45, 2.75) is 6.92 Å². The molecule has 0 saturated heterocycles. The first-order valence-electron chi connectivity index (χ1n) is 3.59. The largest absolute Gasteiger partial charge is 0.306 e. The third-order valence-corrected chi connectivity index (χ3v) is 1.91. The van der Waals surface area contributed by atoms with E-state index >= 15 is 0 Å². The number of hydrogen-bond acceptors (Lipinski definition) is 1. The topological polar surface area (TPSA) is 21.9 Å². The standard InChI is InChI=1S/C8H10N3/c1-7-10(2)9-8-5-3-4-6-11(7)8/h3-6H,1-2H3/q+1. The van der Waals surface area contributed by atoms with Gasteiger partial charge in [-0.1, -0.05) is 6.07 Å². The number of hydrogen-bond donors (Lipinski definition) is 0. The summed E-state index contributed by atoms with van der Waals surface area (Å²) in [5.41, 5.74) is 0.993. The van der Waals surface area contributed by atoms with Crippen LogP contribution in [0.2, 0.25) is 0 Å². The Bertz CT molecular complexity index is 389. The van der Waals surface area contributed by atoms with Gasteiger partial charge in [-0.05, 0) is 6.07 Å². The van der Waals surface area contributed by atoms with Crippen molar-refractivity contribution in [3.8, 4) is 0 Å². The number of pyridine rings is 1. The van der Waals surface area contributed by atoms with Crippen LogP contribution in [0.5, 0.6) is 0 Å². The van der Waals surface area contributed by atoms with Crippen LogP contribution in [0.25, 0.3) is 5.65 Å². The number of fused-ring (bicyclic) bond motifs is 1. The molecule has 11 heavy (non-hydrogen) atoms. The predicted molar refractivity (Wildman–Crippen MR) is 41.1 cm³/mol. The van der Waals surface area contributed by atoms with Crippen LogP contribution in [0.4, 0.5) is 0 Å². The van der Waals surface area contributed by atoms with E-state index in [4.69, 9.17) is 0 Å². The van der Waals surface area contributed by atoms with Gasteiger partial charge in [0.05, 0.1) is 13.2 Å². The molecule has 0 unspecified atom stereocenters. The summed E-state index contributed by atoms with van der Waals surface area (Å²) in [5.74, 6) is 1.14. The summed E-state index contributed by atoms with van der Waals surface area (Å²) < 4.78 is 3.93. The molecule has 0 N–H and O–H groups in total. The van der Waals surface area contributed by atoms with Crippen molar-refractivity contribution in [3.05, 3.63) is 30.2 Å². The van der Waals surface area contributed by atoms with Crippen molar-refractivity contribution in [2.24, 2.45) is 7.05 Å². The van der Waals surface area contributed by atoms with Crippen LogP contribution in [0.1, 0.15) is 5.82 Å². The van der Waals surface area contributed by atoms with E-state index in [-0.39, 0.29) is 0 Å². The summed E-state index contributed by atoms with van der Waals surface area (Å²) in [6.45, 7) is 2.04. The quantitative estimate of drug-likeness (QED) is 0.498. The highest BCUT2D eigenvalue weighted by Crippen LogP contribution is 1.93. The van der Waals surface area contributed by atoms with Gasteiger partial charge in [-0.3, -0.25) is 0 Å². The van der Waals surface area contributed by atoms with Crippen LogP contribution >= 0.6 is 0 Å². The predicted octanol–water partition coefficient (Wildman–Crippen LogP) is 0.467. The fourth-order valence-electron chi connectivity index (χ4n) is 1.17. The van der Waals surface area contributed by atoms with Gasteiger partial charge in [-0.15, -0.1) is 4.68 Å². The minimum Gasteiger partial charge on any atom is -0.202 e. The second-order valence-electron chi connectivity index (χ2n) is 2.60. The molecule has 0 aliphatic heterocycles. The zero-order chi connectivity index (χ0) is 7.84. The van der Waals surface area contributed by atoms with Crippen molar-refractivity contribution < 1.29 is 4.40 Å². The highest BCUT2D eigenvalue weighted by atomic mass is 15.3. The van der Waals surface area contributed by atoms with E-state index in [1.807, 2.05) is 43.0 Å². The molecule has 0 bridgehead atoms. The fourth-order valence-corrected chi connectivity index (χ4v) is 1.17. The van der Waals surface area contributed by atoms with E-state index in [1.165, 1.54) is 0 Å². The molecule has 0 atom stereocenters. The monoisotopic (exact) mass is 148 g/mol. The number of aromatic nitrogens is 3. The first-order valence-corrected chi connectivity index (χ1v) is 3.59. The molecular weight excluding hydrogens is 138 g/mol. The minimum atomic E-state index is 0.993. The number of rotatable bonds is 0. The number of aryl methyl sites for hydroxylation is 2. The highest BCUT2D eigenvalue weighted by Gasteiger charge is 2.09. The van der Waals surface area contributed by atoms with Gasteiger partial charge in [-0.25, -0.2) is 4.40 Å². The average Bonchev–Trinajstić information content (AvgIpc) is 2.30. The van der Waals surface area contributed by atoms with E-state index in [1.54, 1.807) is 0 Å². The maximum absolute atomic E-state index is 4.29. The van der Waals surface area contributed by atoms with E-state index in [0.717, 1.165) is 11.5 Å². The summed E-state index contributed by atoms with van der Waals surface area (Å²) in [5, 5.41) is 4.29. The van der Waals surface area contributed by atoms with Gasteiger partial charge in [0.15, 0.2) is 0 Å². The molecule has 3 heteroatoms. The molecule has 56 valence electrons. The van der Waals surface area contributed by atoms with Crippen LogP contribution in [-0.4, -0.2) is 9.78 Å². The Hall–Kier alpha value is -1.38. The van der Waals surface area contributed by atoms with Crippen LogP contribution in [0, 0.1) is 6.92 Å². The van der Waals surface area contributed by atoms with Crippen molar-refractivity contribution in [1.29, 1.82) is 0 Å². The molecule has 0 fully saturated rings.